The third-order valence-electron chi connectivity index (χ3n) is 3.62. The second-order valence-corrected chi connectivity index (χ2v) is 4.98. The van der Waals surface area contributed by atoms with Gasteiger partial charge in [-0.25, -0.2) is 15.0 Å². The summed E-state index contributed by atoms with van der Waals surface area (Å²) < 4.78 is 7.51. The first-order valence-electron chi connectivity index (χ1n) is 6.94. The minimum Gasteiger partial charge on any atom is -0.381 e. The van der Waals surface area contributed by atoms with Gasteiger partial charge >= 0.3 is 0 Å². The fourth-order valence-electron chi connectivity index (χ4n) is 2.40. The van der Waals surface area contributed by atoms with Crippen molar-refractivity contribution in [3.63, 3.8) is 0 Å². The quantitative estimate of drug-likeness (QED) is 0.896. The number of imidazole rings is 1. The van der Waals surface area contributed by atoms with E-state index in [-0.39, 0.29) is 0 Å². The molecule has 0 radical (unpaired) electrons. The Kier molecular flexibility index (Phi) is 3.92. The van der Waals surface area contributed by atoms with Crippen molar-refractivity contribution in [1.82, 2.24) is 19.5 Å². The molecule has 0 bridgehead atoms. The summed E-state index contributed by atoms with van der Waals surface area (Å²) in [5.41, 5.74) is 1.07. The highest BCUT2D eigenvalue weighted by molar-refractivity contribution is 5.35. The van der Waals surface area contributed by atoms with Crippen LogP contribution in [-0.4, -0.2) is 39.3 Å². The summed E-state index contributed by atoms with van der Waals surface area (Å²) in [6.45, 7) is 5.29. The number of anilines is 1. The van der Waals surface area contributed by atoms with E-state index in [1.165, 1.54) is 0 Å². The van der Waals surface area contributed by atoms with Gasteiger partial charge in [-0.05, 0) is 13.3 Å². The summed E-state index contributed by atoms with van der Waals surface area (Å²) in [6, 6.07) is 2.03. The first kappa shape index (κ1) is 13.1. The lowest BCUT2D eigenvalue weighted by Gasteiger charge is -2.10. The van der Waals surface area contributed by atoms with E-state index in [9.17, 15) is 0 Å². The summed E-state index contributed by atoms with van der Waals surface area (Å²) in [4.78, 5) is 12.8. The van der Waals surface area contributed by atoms with Crippen LogP contribution in [0, 0.1) is 6.92 Å². The van der Waals surface area contributed by atoms with Crippen LogP contribution >= 0.6 is 0 Å². The molecule has 0 saturated carbocycles. The van der Waals surface area contributed by atoms with Crippen LogP contribution in [0.5, 0.6) is 0 Å². The van der Waals surface area contributed by atoms with E-state index < -0.39 is 0 Å². The number of ether oxygens (including phenoxy) is 1. The molecular weight excluding hydrogens is 254 g/mol. The molecule has 0 unspecified atom stereocenters. The number of nitrogens with zero attached hydrogens (tertiary/aromatic N) is 4. The SMILES string of the molecule is Cc1nccn1CCNc1cc([C@H]2CCOC2)ncn1. The molecule has 20 heavy (non-hydrogen) atoms. The fraction of sp³-hybridized carbons (Fsp3) is 0.500. The van der Waals surface area contributed by atoms with E-state index in [4.69, 9.17) is 4.74 Å². The maximum atomic E-state index is 5.40. The van der Waals surface area contributed by atoms with Crippen LogP contribution in [-0.2, 0) is 11.3 Å². The Morgan fingerprint density at radius 2 is 2.35 bits per heavy atom. The molecule has 2 aromatic heterocycles. The molecule has 0 aliphatic carbocycles. The van der Waals surface area contributed by atoms with Gasteiger partial charge in [0.05, 0.1) is 12.3 Å². The molecule has 3 rings (SSSR count). The molecule has 6 nitrogen and oxygen atoms in total. The van der Waals surface area contributed by atoms with Crippen LogP contribution in [0.3, 0.4) is 0 Å². The number of rotatable bonds is 5. The molecule has 3 heterocycles. The van der Waals surface area contributed by atoms with Gasteiger partial charge in [0.25, 0.3) is 0 Å². The monoisotopic (exact) mass is 273 g/mol. The summed E-state index contributed by atoms with van der Waals surface area (Å²) in [7, 11) is 0. The van der Waals surface area contributed by atoms with Crippen LogP contribution < -0.4 is 5.32 Å². The van der Waals surface area contributed by atoms with Crippen LogP contribution in [0.4, 0.5) is 5.82 Å². The van der Waals surface area contributed by atoms with Crippen molar-refractivity contribution in [3.8, 4) is 0 Å². The van der Waals surface area contributed by atoms with Gasteiger partial charge < -0.3 is 14.6 Å². The number of aromatic nitrogens is 4. The second kappa shape index (κ2) is 6.00. The van der Waals surface area contributed by atoms with E-state index >= 15 is 0 Å². The Bertz CT molecular complexity index is 562. The predicted octanol–water partition coefficient (Wildman–Crippen LogP) is 1.60. The fourth-order valence-corrected chi connectivity index (χ4v) is 2.40. The Morgan fingerprint density at radius 1 is 1.40 bits per heavy atom. The summed E-state index contributed by atoms with van der Waals surface area (Å²) in [5, 5.41) is 3.33. The zero-order valence-electron chi connectivity index (χ0n) is 11.6. The maximum absolute atomic E-state index is 5.40. The van der Waals surface area contributed by atoms with Crippen molar-refractivity contribution >= 4 is 5.82 Å². The molecule has 1 atom stereocenters. The van der Waals surface area contributed by atoms with E-state index in [0.717, 1.165) is 50.1 Å². The van der Waals surface area contributed by atoms with Gasteiger partial charge in [0.15, 0.2) is 0 Å². The Hall–Kier alpha value is -1.95. The van der Waals surface area contributed by atoms with Crippen molar-refractivity contribution in [2.75, 3.05) is 25.1 Å². The van der Waals surface area contributed by atoms with Gasteiger partial charge in [0, 0.05) is 44.1 Å². The van der Waals surface area contributed by atoms with Crippen molar-refractivity contribution in [2.45, 2.75) is 25.8 Å². The standard InChI is InChI=1S/C14H19N5O/c1-11-15-3-5-19(11)6-4-16-14-8-13(17-10-18-14)12-2-7-20-9-12/h3,5,8,10,12H,2,4,6-7,9H2,1H3,(H,16,17,18)/t12-/m0/s1. The molecular formula is C14H19N5O. The van der Waals surface area contributed by atoms with E-state index in [2.05, 4.69) is 24.8 Å². The van der Waals surface area contributed by atoms with Gasteiger partial charge in [0.1, 0.15) is 18.0 Å². The van der Waals surface area contributed by atoms with Gasteiger partial charge in [-0.2, -0.15) is 0 Å². The van der Waals surface area contributed by atoms with Crippen LogP contribution in [0.1, 0.15) is 23.9 Å². The Balaban J connectivity index is 1.57. The zero-order valence-corrected chi connectivity index (χ0v) is 11.6. The minimum absolute atomic E-state index is 0.412. The summed E-state index contributed by atoms with van der Waals surface area (Å²) >= 11 is 0. The van der Waals surface area contributed by atoms with Gasteiger partial charge in [0.2, 0.25) is 0 Å². The molecule has 1 aliphatic heterocycles. The van der Waals surface area contributed by atoms with Crippen molar-refractivity contribution in [2.24, 2.45) is 0 Å². The zero-order chi connectivity index (χ0) is 13.8. The van der Waals surface area contributed by atoms with Crippen LogP contribution in [0.15, 0.2) is 24.8 Å². The van der Waals surface area contributed by atoms with E-state index in [1.807, 2.05) is 25.4 Å². The first-order chi connectivity index (χ1) is 9.83. The average Bonchev–Trinajstić information content (AvgIpc) is 3.12. The molecule has 0 amide bonds. The number of hydrogen-bond acceptors (Lipinski definition) is 5. The van der Waals surface area contributed by atoms with Crippen molar-refractivity contribution in [1.29, 1.82) is 0 Å². The number of aryl methyl sites for hydroxylation is 1. The summed E-state index contributed by atoms with van der Waals surface area (Å²) in [5.74, 6) is 2.31. The highest BCUT2D eigenvalue weighted by atomic mass is 16.5. The van der Waals surface area contributed by atoms with Crippen LogP contribution in [0.25, 0.3) is 0 Å². The normalized spacial score (nSPS) is 18.4. The Morgan fingerprint density at radius 3 is 3.10 bits per heavy atom. The lowest BCUT2D eigenvalue weighted by atomic mass is 10.1. The third kappa shape index (κ3) is 2.96. The predicted molar refractivity (Wildman–Crippen MR) is 75.7 cm³/mol. The van der Waals surface area contributed by atoms with Gasteiger partial charge in [-0.15, -0.1) is 0 Å². The van der Waals surface area contributed by atoms with E-state index in [1.54, 1.807) is 6.33 Å². The average molecular weight is 273 g/mol. The molecule has 0 spiro atoms. The van der Waals surface area contributed by atoms with Gasteiger partial charge in [-0.3, -0.25) is 0 Å². The smallest absolute Gasteiger partial charge is 0.129 e. The highest BCUT2D eigenvalue weighted by Gasteiger charge is 2.19. The number of nitrogens with one attached hydrogen (secondary N) is 1. The van der Waals surface area contributed by atoms with Crippen molar-refractivity contribution in [3.05, 3.63) is 36.3 Å². The molecule has 1 fully saturated rings. The minimum atomic E-state index is 0.412. The molecule has 1 N–H and O–H groups in total. The lowest BCUT2D eigenvalue weighted by Crippen LogP contribution is -2.12. The Labute approximate surface area is 118 Å². The lowest BCUT2D eigenvalue weighted by molar-refractivity contribution is 0.193. The van der Waals surface area contributed by atoms with Crippen molar-refractivity contribution < 1.29 is 4.74 Å². The number of hydrogen-bond donors (Lipinski definition) is 1. The molecule has 2 aromatic rings. The molecule has 1 saturated heterocycles. The third-order valence-corrected chi connectivity index (χ3v) is 3.62. The highest BCUT2D eigenvalue weighted by Crippen LogP contribution is 2.24. The van der Waals surface area contributed by atoms with E-state index in [0.29, 0.717) is 5.92 Å². The largest absolute Gasteiger partial charge is 0.381 e. The molecule has 6 heteroatoms. The molecule has 1 aliphatic rings. The first-order valence-corrected chi connectivity index (χ1v) is 6.94. The topological polar surface area (TPSA) is 64.9 Å². The molecule has 106 valence electrons. The molecule has 0 aromatic carbocycles. The second-order valence-electron chi connectivity index (χ2n) is 4.98. The maximum Gasteiger partial charge on any atom is 0.129 e. The van der Waals surface area contributed by atoms with Gasteiger partial charge in [-0.1, -0.05) is 0 Å². The van der Waals surface area contributed by atoms with Crippen LogP contribution in [0.2, 0.25) is 0 Å². The summed E-state index contributed by atoms with van der Waals surface area (Å²) in [6.07, 6.45) is 6.47.